The highest BCUT2D eigenvalue weighted by molar-refractivity contribution is 6.16. The molecule has 0 atom stereocenters. The average Bonchev–Trinajstić information content (AvgIpc) is 2.85. The molecule has 0 radical (unpaired) electrons. The predicted molar refractivity (Wildman–Crippen MR) is 85.2 cm³/mol. The zero-order chi connectivity index (χ0) is 13.9. The van der Waals surface area contributed by atoms with Crippen LogP contribution in [0.1, 0.15) is 49.9 Å². The van der Waals surface area contributed by atoms with Crippen molar-refractivity contribution in [2.45, 2.75) is 57.9 Å². The summed E-state index contributed by atoms with van der Waals surface area (Å²) in [6.45, 7) is 3.23. The molecule has 0 saturated heterocycles. The Bertz CT molecular complexity index is 582. The second kappa shape index (κ2) is 6.17. The maximum absolute atomic E-state index is 6.09. The molecule has 3 rings (SSSR count). The van der Waals surface area contributed by atoms with Crippen LogP contribution in [0.25, 0.3) is 11.0 Å². The molecular weight excluding hydrogens is 268 g/mol. The van der Waals surface area contributed by atoms with Crippen molar-refractivity contribution in [1.29, 1.82) is 0 Å². The number of nitrogens with zero attached hydrogens (tertiary/aromatic N) is 2. The summed E-state index contributed by atoms with van der Waals surface area (Å²) >= 11 is 6.09. The zero-order valence-corrected chi connectivity index (χ0v) is 13.0. The Morgan fingerprint density at radius 3 is 2.80 bits per heavy atom. The van der Waals surface area contributed by atoms with E-state index in [1.165, 1.54) is 49.6 Å². The summed E-state index contributed by atoms with van der Waals surface area (Å²) < 4.78 is 2.35. The molecule has 2 nitrogen and oxygen atoms in total. The van der Waals surface area contributed by atoms with Crippen molar-refractivity contribution in [2.24, 2.45) is 5.92 Å². The molecule has 0 unspecified atom stereocenters. The molecule has 0 spiro atoms. The lowest BCUT2D eigenvalue weighted by molar-refractivity contribution is 0.324. The molecule has 0 amide bonds. The largest absolute Gasteiger partial charge is 0.327 e. The van der Waals surface area contributed by atoms with E-state index in [1.54, 1.807) is 0 Å². The van der Waals surface area contributed by atoms with E-state index in [0.29, 0.717) is 5.88 Å². The van der Waals surface area contributed by atoms with Gasteiger partial charge in [0.15, 0.2) is 0 Å². The third kappa shape index (κ3) is 2.71. The van der Waals surface area contributed by atoms with Gasteiger partial charge in [-0.15, -0.1) is 11.6 Å². The quantitative estimate of drug-likeness (QED) is 0.720. The number of fused-ring (bicyclic) bond motifs is 1. The molecule has 1 fully saturated rings. The Hall–Kier alpha value is -1.02. The number of aryl methyl sites for hydroxylation is 2. The second-order valence-electron chi connectivity index (χ2n) is 6.05. The van der Waals surface area contributed by atoms with Gasteiger partial charge >= 0.3 is 0 Å². The fraction of sp³-hybridized carbons (Fsp3) is 0.588. The number of halogens is 1. The molecule has 1 aromatic carbocycles. The Morgan fingerprint density at radius 1 is 1.25 bits per heavy atom. The van der Waals surface area contributed by atoms with Crippen LogP contribution in [-0.4, -0.2) is 9.55 Å². The van der Waals surface area contributed by atoms with Gasteiger partial charge in [0.25, 0.3) is 0 Å². The average molecular weight is 291 g/mol. The number of hydrogen-bond donors (Lipinski definition) is 0. The van der Waals surface area contributed by atoms with Crippen molar-refractivity contribution < 1.29 is 0 Å². The number of benzene rings is 1. The van der Waals surface area contributed by atoms with E-state index in [0.717, 1.165) is 23.8 Å². The molecule has 1 aliphatic rings. The molecule has 1 saturated carbocycles. The minimum absolute atomic E-state index is 0.499. The molecular formula is C17H23ClN2. The number of para-hydroxylation sites is 1. The summed E-state index contributed by atoms with van der Waals surface area (Å²) in [6, 6.07) is 6.34. The lowest BCUT2D eigenvalue weighted by Crippen LogP contribution is -2.11. The highest BCUT2D eigenvalue weighted by Gasteiger charge is 2.16. The van der Waals surface area contributed by atoms with Crippen molar-refractivity contribution in [3.63, 3.8) is 0 Å². The van der Waals surface area contributed by atoms with Crippen molar-refractivity contribution in [1.82, 2.24) is 9.55 Å². The van der Waals surface area contributed by atoms with Gasteiger partial charge < -0.3 is 4.57 Å². The van der Waals surface area contributed by atoms with Crippen LogP contribution in [0.5, 0.6) is 0 Å². The molecule has 1 aromatic heterocycles. The highest BCUT2D eigenvalue weighted by atomic mass is 35.5. The van der Waals surface area contributed by atoms with E-state index in [1.807, 2.05) is 0 Å². The Balaban J connectivity index is 1.85. The van der Waals surface area contributed by atoms with Crippen LogP contribution in [0.3, 0.4) is 0 Å². The standard InChI is InChI=1S/C17H23ClN2/c1-13-6-5-9-15-17(13)20(16(12-18)19-15)11-10-14-7-3-2-4-8-14/h5-6,9,14H,2-4,7-8,10-12H2,1H3. The van der Waals surface area contributed by atoms with Crippen LogP contribution < -0.4 is 0 Å². The van der Waals surface area contributed by atoms with Gasteiger partial charge in [-0.2, -0.15) is 0 Å². The number of imidazole rings is 1. The third-order valence-corrected chi connectivity index (χ3v) is 4.89. The number of alkyl halides is 1. The van der Waals surface area contributed by atoms with E-state index in [4.69, 9.17) is 11.6 Å². The maximum Gasteiger partial charge on any atom is 0.124 e. The van der Waals surface area contributed by atoms with E-state index in [2.05, 4.69) is 34.7 Å². The van der Waals surface area contributed by atoms with E-state index < -0.39 is 0 Å². The van der Waals surface area contributed by atoms with Gasteiger partial charge in [0.1, 0.15) is 5.82 Å². The molecule has 0 aliphatic heterocycles. The Labute approximate surface area is 126 Å². The summed E-state index contributed by atoms with van der Waals surface area (Å²) in [4.78, 5) is 4.69. The normalized spacial score (nSPS) is 16.9. The third-order valence-electron chi connectivity index (χ3n) is 4.65. The minimum atomic E-state index is 0.499. The Kier molecular flexibility index (Phi) is 4.30. The molecule has 1 aliphatic carbocycles. The molecule has 1 heterocycles. The number of rotatable bonds is 4. The zero-order valence-electron chi connectivity index (χ0n) is 12.2. The summed E-state index contributed by atoms with van der Waals surface area (Å²) in [6.07, 6.45) is 8.33. The number of aromatic nitrogens is 2. The Morgan fingerprint density at radius 2 is 2.05 bits per heavy atom. The van der Waals surface area contributed by atoms with E-state index in [-0.39, 0.29) is 0 Å². The smallest absolute Gasteiger partial charge is 0.124 e. The molecule has 2 aromatic rings. The van der Waals surface area contributed by atoms with Gasteiger partial charge in [0.05, 0.1) is 16.9 Å². The molecule has 108 valence electrons. The fourth-order valence-electron chi connectivity index (χ4n) is 3.54. The molecule has 0 N–H and O–H groups in total. The summed E-state index contributed by atoms with van der Waals surface area (Å²) in [5.41, 5.74) is 3.67. The van der Waals surface area contributed by atoms with Crippen molar-refractivity contribution in [2.75, 3.05) is 0 Å². The van der Waals surface area contributed by atoms with Gasteiger partial charge in [-0.3, -0.25) is 0 Å². The van der Waals surface area contributed by atoms with Crippen molar-refractivity contribution >= 4 is 22.6 Å². The van der Waals surface area contributed by atoms with Crippen LogP contribution in [0.15, 0.2) is 18.2 Å². The summed E-state index contributed by atoms with van der Waals surface area (Å²) in [5.74, 6) is 2.42. The predicted octanol–water partition coefficient (Wildman–Crippen LogP) is 5.05. The van der Waals surface area contributed by atoms with Gasteiger partial charge in [0, 0.05) is 6.54 Å². The lowest BCUT2D eigenvalue weighted by Gasteiger charge is -2.22. The SMILES string of the molecule is Cc1cccc2nc(CCl)n(CCC3CCCCC3)c12. The first-order valence-electron chi connectivity index (χ1n) is 7.80. The first-order valence-corrected chi connectivity index (χ1v) is 8.33. The summed E-state index contributed by atoms with van der Waals surface area (Å²) in [7, 11) is 0. The van der Waals surface area contributed by atoms with Crippen LogP contribution in [0.4, 0.5) is 0 Å². The first-order chi connectivity index (χ1) is 9.79. The second-order valence-corrected chi connectivity index (χ2v) is 6.32. The van der Waals surface area contributed by atoms with Crippen molar-refractivity contribution in [3.8, 4) is 0 Å². The summed E-state index contributed by atoms with van der Waals surface area (Å²) in [5, 5.41) is 0. The lowest BCUT2D eigenvalue weighted by atomic mass is 9.87. The molecule has 20 heavy (non-hydrogen) atoms. The van der Waals surface area contributed by atoms with Gasteiger partial charge in [0.2, 0.25) is 0 Å². The molecule has 3 heteroatoms. The first kappa shape index (κ1) is 13.9. The van der Waals surface area contributed by atoms with Crippen LogP contribution in [-0.2, 0) is 12.4 Å². The van der Waals surface area contributed by atoms with Gasteiger partial charge in [-0.1, -0.05) is 44.2 Å². The topological polar surface area (TPSA) is 17.8 Å². The van der Waals surface area contributed by atoms with Crippen LogP contribution in [0, 0.1) is 12.8 Å². The monoisotopic (exact) mass is 290 g/mol. The van der Waals surface area contributed by atoms with Crippen molar-refractivity contribution in [3.05, 3.63) is 29.6 Å². The van der Waals surface area contributed by atoms with Crippen LogP contribution >= 0.6 is 11.6 Å². The van der Waals surface area contributed by atoms with E-state index >= 15 is 0 Å². The van der Waals surface area contributed by atoms with E-state index in [9.17, 15) is 0 Å². The van der Waals surface area contributed by atoms with Gasteiger partial charge in [-0.05, 0) is 30.9 Å². The highest BCUT2D eigenvalue weighted by Crippen LogP contribution is 2.28. The maximum atomic E-state index is 6.09. The fourth-order valence-corrected chi connectivity index (χ4v) is 3.75. The van der Waals surface area contributed by atoms with Crippen LogP contribution in [0.2, 0.25) is 0 Å². The number of hydrogen-bond acceptors (Lipinski definition) is 1. The minimum Gasteiger partial charge on any atom is -0.327 e. The molecule has 0 bridgehead atoms. The van der Waals surface area contributed by atoms with Gasteiger partial charge in [-0.25, -0.2) is 4.98 Å².